The third-order valence-corrected chi connectivity index (χ3v) is 2.80. The molecule has 2 aromatic carbocycles. The molecule has 0 aliphatic heterocycles. The van der Waals surface area contributed by atoms with Gasteiger partial charge < -0.3 is 14.9 Å². The van der Waals surface area contributed by atoms with Gasteiger partial charge in [0.05, 0.1) is 7.11 Å². The van der Waals surface area contributed by atoms with Crippen LogP contribution in [0.1, 0.15) is 15.9 Å². The number of benzene rings is 2. The molecule has 0 amide bonds. The first-order valence-corrected chi connectivity index (χ1v) is 5.98. The number of rotatable bonds is 4. The predicted octanol–water partition coefficient (Wildman–Crippen LogP) is 3.00. The average Bonchev–Trinajstić information content (AvgIpc) is 2.48. The average molecular weight is 270 g/mol. The van der Waals surface area contributed by atoms with E-state index in [1.54, 1.807) is 43.5 Å². The quantitative estimate of drug-likeness (QED) is 0.509. The third-order valence-electron chi connectivity index (χ3n) is 2.80. The van der Waals surface area contributed by atoms with Crippen LogP contribution in [0.5, 0.6) is 17.2 Å². The molecule has 0 fully saturated rings. The van der Waals surface area contributed by atoms with E-state index in [0.717, 1.165) is 0 Å². The molecule has 0 saturated carbocycles. The predicted molar refractivity (Wildman–Crippen MR) is 76.1 cm³/mol. The summed E-state index contributed by atoms with van der Waals surface area (Å²) in [6.07, 6.45) is 2.99. The van der Waals surface area contributed by atoms with E-state index in [0.29, 0.717) is 16.9 Å². The van der Waals surface area contributed by atoms with Gasteiger partial charge in [0.25, 0.3) is 0 Å². The molecule has 0 aromatic heterocycles. The van der Waals surface area contributed by atoms with Crippen LogP contribution < -0.4 is 4.74 Å². The number of phenols is 2. The maximum atomic E-state index is 11.9. The monoisotopic (exact) mass is 270 g/mol. The lowest BCUT2D eigenvalue weighted by Crippen LogP contribution is -1.94. The van der Waals surface area contributed by atoms with Crippen molar-refractivity contribution < 1.29 is 19.7 Å². The van der Waals surface area contributed by atoms with Crippen LogP contribution in [-0.2, 0) is 0 Å². The van der Waals surface area contributed by atoms with Crippen LogP contribution in [0.2, 0.25) is 0 Å². The molecule has 0 aliphatic carbocycles. The number of carbonyl (C=O) groups excluding carboxylic acids is 1. The minimum atomic E-state index is -0.218. The van der Waals surface area contributed by atoms with E-state index in [1.165, 1.54) is 18.2 Å². The van der Waals surface area contributed by atoms with E-state index in [9.17, 15) is 15.0 Å². The van der Waals surface area contributed by atoms with Gasteiger partial charge >= 0.3 is 0 Å². The van der Waals surface area contributed by atoms with Crippen molar-refractivity contribution in [3.63, 3.8) is 0 Å². The Morgan fingerprint density at radius 3 is 2.35 bits per heavy atom. The molecule has 2 N–H and O–H groups in total. The van der Waals surface area contributed by atoms with Crippen molar-refractivity contribution in [3.8, 4) is 17.2 Å². The lowest BCUT2D eigenvalue weighted by atomic mass is 10.1. The molecule has 4 heteroatoms. The largest absolute Gasteiger partial charge is 0.504 e. The summed E-state index contributed by atoms with van der Waals surface area (Å²) in [5.41, 5.74) is 1.17. The van der Waals surface area contributed by atoms with Crippen LogP contribution in [0.3, 0.4) is 0 Å². The summed E-state index contributed by atoms with van der Waals surface area (Å²) in [6.45, 7) is 0. The maximum Gasteiger partial charge on any atom is 0.185 e. The van der Waals surface area contributed by atoms with Gasteiger partial charge in [-0.1, -0.05) is 12.1 Å². The summed E-state index contributed by atoms with van der Waals surface area (Å²) in [5.74, 6) is 0.127. The molecule has 0 spiro atoms. The SMILES string of the molecule is COc1ccc(C(=O)/C=C/c2ccc(O)c(O)c2)cc1. The standard InChI is InChI=1S/C16H14O4/c1-20-13-6-4-12(5-7-13)14(17)8-2-11-3-9-15(18)16(19)10-11/h2-10,18-19H,1H3/b8-2+. The van der Waals surface area contributed by atoms with Crippen LogP contribution in [0.25, 0.3) is 6.08 Å². The minimum absolute atomic E-state index is 0.153. The van der Waals surface area contributed by atoms with E-state index in [4.69, 9.17) is 4.74 Å². The fourth-order valence-corrected chi connectivity index (χ4v) is 1.67. The van der Waals surface area contributed by atoms with Crippen molar-refractivity contribution in [3.05, 3.63) is 59.7 Å². The highest BCUT2D eigenvalue weighted by atomic mass is 16.5. The summed E-state index contributed by atoms with van der Waals surface area (Å²) in [7, 11) is 1.56. The summed E-state index contributed by atoms with van der Waals surface area (Å²) >= 11 is 0. The third kappa shape index (κ3) is 3.17. The summed E-state index contributed by atoms with van der Waals surface area (Å²) in [6, 6.07) is 11.1. The Morgan fingerprint density at radius 2 is 1.75 bits per heavy atom. The summed E-state index contributed by atoms with van der Waals surface area (Å²) < 4.78 is 5.02. The Hall–Kier alpha value is -2.75. The Labute approximate surface area is 116 Å². The van der Waals surface area contributed by atoms with Gasteiger partial charge in [-0.25, -0.2) is 0 Å². The van der Waals surface area contributed by atoms with Crippen LogP contribution in [0, 0.1) is 0 Å². The molecule has 0 heterocycles. The first kappa shape index (κ1) is 13.7. The zero-order chi connectivity index (χ0) is 14.5. The van der Waals surface area contributed by atoms with Gasteiger partial charge in [0, 0.05) is 5.56 Å². The molecule has 4 nitrogen and oxygen atoms in total. The highest BCUT2D eigenvalue weighted by molar-refractivity contribution is 6.06. The number of methoxy groups -OCH3 is 1. The molecular formula is C16H14O4. The lowest BCUT2D eigenvalue weighted by molar-refractivity contribution is 0.104. The van der Waals surface area contributed by atoms with E-state index in [-0.39, 0.29) is 17.3 Å². The molecular weight excluding hydrogens is 256 g/mol. The van der Waals surface area contributed by atoms with Gasteiger partial charge in [-0.15, -0.1) is 0 Å². The van der Waals surface area contributed by atoms with Crippen LogP contribution in [0.15, 0.2) is 48.5 Å². The Kier molecular flexibility index (Phi) is 4.05. The molecule has 0 radical (unpaired) electrons. The number of phenolic OH excluding ortho intramolecular Hbond substituents is 2. The number of ether oxygens (including phenoxy) is 1. The molecule has 2 aromatic rings. The number of ketones is 1. The normalized spacial score (nSPS) is 10.7. The fraction of sp³-hybridized carbons (Fsp3) is 0.0625. The van der Waals surface area contributed by atoms with E-state index in [2.05, 4.69) is 0 Å². The molecule has 2 rings (SSSR count). The Morgan fingerprint density at radius 1 is 1.05 bits per heavy atom. The van der Waals surface area contributed by atoms with Gasteiger partial charge in [0.2, 0.25) is 0 Å². The number of hydrogen-bond donors (Lipinski definition) is 2. The summed E-state index contributed by atoms with van der Waals surface area (Å²) in [4.78, 5) is 11.9. The van der Waals surface area contributed by atoms with Crippen molar-refractivity contribution in [1.82, 2.24) is 0 Å². The number of hydrogen-bond acceptors (Lipinski definition) is 4. The van der Waals surface area contributed by atoms with Crippen molar-refractivity contribution in [2.75, 3.05) is 7.11 Å². The van der Waals surface area contributed by atoms with Crippen LogP contribution in [-0.4, -0.2) is 23.1 Å². The summed E-state index contributed by atoms with van der Waals surface area (Å²) in [5, 5.41) is 18.6. The number of allylic oxidation sites excluding steroid dienone is 1. The maximum absolute atomic E-state index is 11.9. The van der Waals surface area contributed by atoms with Crippen LogP contribution in [0.4, 0.5) is 0 Å². The number of carbonyl (C=O) groups is 1. The topological polar surface area (TPSA) is 66.8 Å². The molecule has 20 heavy (non-hydrogen) atoms. The zero-order valence-corrected chi connectivity index (χ0v) is 10.9. The molecule has 0 unspecified atom stereocenters. The second-order valence-corrected chi connectivity index (χ2v) is 4.17. The van der Waals surface area contributed by atoms with Gasteiger partial charge in [-0.3, -0.25) is 4.79 Å². The van der Waals surface area contributed by atoms with Crippen LogP contribution >= 0.6 is 0 Å². The van der Waals surface area contributed by atoms with E-state index in [1.807, 2.05) is 0 Å². The van der Waals surface area contributed by atoms with Gasteiger partial charge in [-0.05, 0) is 48.0 Å². The molecule has 102 valence electrons. The number of aromatic hydroxyl groups is 2. The highest BCUT2D eigenvalue weighted by Gasteiger charge is 2.03. The molecule has 0 saturated heterocycles. The van der Waals surface area contributed by atoms with E-state index < -0.39 is 0 Å². The first-order valence-electron chi connectivity index (χ1n) is 5.98. The minimum Gasteiger partial charge on any atom is -0.504 e. The first-order chi connectivity index (χ1) is 9.60. The second kappa shape index (κ2) is 5.93. The van der Waals surface area contributed by atoms with Gasteiger partial charge in [0.15, 0.2) is 17.3 Å². The molecule has 0 bridgehead atoms. The fourth-order valence-electron chi connectivity index (χ4n) is 1.67. The van der Waals surface area contributed by atoms with Crippen molar-refractivity contribution in [1.29, 1.82) is 0 Å². The zero-order valence-electron chi connectivity index (χ0n) is 10.9. The van der Waals surface area contributed by atoms with Gasteiger partial charge in [0.1, 0.15) is 5.75 Å². The highest BCUT2D eigenvalue weighted by Crippen LogP contribution is 2.25. The van der Waals surface area contributed by atoms with Crippen molar-refractivity contribution >= 4 is 11.9 Å². The van der Waals surface area contributed by atoms with Crippen molar-refractivity contribution in [2.45, 2.75) is 0 Å². The van der Waals surface area contributed by atoms with Gasteiger partial charge in [-0.2, -0.15) is 0 Å². The Balaban J connectivity index is 2.13. The molecule has 0 aliphatic rings. The van der Waals surface area contributed by atoms with E-state index >= 15 is 0 Å². The lowest BCUT2D eigenvalue weighted by Gasteiger charge is -2.00. The molecule has 0 atom stereocenters. The second-order valence-electron chi connectivity index (χ2n) is 4.17. The smallest absolute Gasteiger partial charge is 0.185 e. The Bertz CT molecular complexity index is 642. The van der Waals surface area contributed by atoms with Crippen molar-refractivity contribution in [2.24, 2.45) is 0 Å².